The first-order valence-electron chi connectivity index (χ1n) is 8.38. The number of rotatable bonds is 10. The molecule has 0 aliphatic carbocycles. The fourth-order valence-corrected chi connectivity index (χ4v) is 2.32. The summed E-state index contributed by atoms with van der Waals surface area (Å²) in [5.41, 5.74) is -0.0620. The van der Waals surface area contributed by atoms with E-state index in [1.165, 1.54) is 12.1 Å². The van der Waals surface area contributed by atoms with Crippen molar-refractivity contribution in [2.75, 3.05) is 33.5 Å². The Morgan fingerprint density at radius 2 is 1.50 bits per heavy atom. The average molecular weight is 454 g/mol. The van der Waals surface area contributed by atoms with Gasteiger partial charge in [-0.3, -0.25) is 0 Å². The molecule has 0 aliphatic rings. The van der Waals surface area contributed by atoms with Crippen molar-refractivity contribution in [3.8, 4) is 0 Å². The number of benzene rings is 1. The first-order chi connectivity index (χ1) is 13.7. The van der Waals surface area contributed by atoms with Gasteiger partial charge in [-0.15, -0.1) is 0 Å². The second kappa shape index (κ2) is 11.0. The van der Waals surface area contributed by atoms with Crippen LogP contribution in [0.4, 0.5) is 39.5 Å². The second-order valence-electron chi connectivity index (χ2n) is 6.15. The molecule has 1 aromatic carbocycles. The first-order valence-corrected chi connectivity index (χ1v) is 8.38. The van der Waals surface area contributed by atoms with Gasteiger partial charge in [-0.25, -0.2) is 0 Å². The molecule has 0 saturated heterocycles. The molecule has 2 atom stereocenters. The largest absolute Gasteiger partial charge is 0.416 e. The molecule has 2 unspecified atom stereocenters. The summed E-state index contributed by atoms with van der Waals surface area (Å²) in [6.45, 7) is -5.63. The Balaban J connectivity index is 3.02. The van der Waals surface area contributed by atoms with Gasteiger partial charge in [0, 0.05) is 7.11 Å². The summed E-state index contributed by atoms with van der Waals surface area (Å²) < 4.78 is 129. The van der Waals surface area contributed by atoms with E-state index < -0.39 is 62.6 Å². The molecular weight excluding hydrogens is 435 g/mol. The number of methoxy groups -OCH3 is 1. The van der Waals surface area contributed by atoms with Crippen molar-refractivity contribution in [1.82, 2.24) is 0 Å². The number of ether oxygens (including phenoxy) is 3. The van der Waals surface area contributed by atoms with E-state index in [1.54, 1.807) is 18.2 Å². The van der Waals surface area contributed by atoms with Crippen LogP contribution < -0.4 is 0 Å². The van der Waals surface area contributed by atoms with Crippen LogP contribution in [0, 0.1) is 5.92 Å². The van der Waals surface area contributed by atoms with Crippen molar-refractivity contribution in [3.05, 3.63) is 41.5 Å². The van der Waals surface area contributed by atoms with Crippen molar-refractivity contribution >= 4 is 6.08 Å². The Labute approximate surface area is 166 Å². The number of hydrogen-bond acceptors (Lipinski definition) is 3. The lowest BCUT2D eigenvalue weighted by Gasteiger charge is -2.27. The van der Waals surface area contributed by atoms with Gasteiger partial charge in [-0.1, -0.05) is 36.4 Å². The predicted molar refractivity (Wildman–Crippen MR) is 88.5 cm³/mol. The minimum Gasteiger partial charge on any atom is -0.380 e. The van der Waals surface area contributed by atoms with Crippen molar-refractivity contribution in [2.24, 2.45) is 5.92 Å². The Bertz CT molecular complexity index is 652. The van der Waals surface area contributed by atoms with Crippen LogP contribution in [0.2, 0.25) is 0 Å². The van der Waals surface area contributed by atoms with Gasteiger partial charge in [0.05, 0.1) is 19.8 Å². The molecule has 0 bridgehead atoms. The van der Waals surface area contributed by atoms with E-state index in [0.29, 0.717) is 5.56 Å². The highest BCUT2D eigenvalue weighted by molar-refractivity contribution is 5.53. The first kappa shape index (κ1) is 26.2. The molecule has 0 spiro atoms. The quantitative estimate of drug-likeness (QED) is 0.442. The fourth-order valence-electron chi connectivity index (χ4n) is 2.32. The predicted octanol–water partition coefficient (Wildman–Crippen LogP) is 5.42. The maximum Gasteiger partial charge on any atom is 0.416 e. The molecule has 172 valence electrons. The summed E-state index contributed by atoms with van der Waals surface area (Å²) in [7, 11) is 1.11. The van der Waals surface area contributed by atoms with E-state index in [2.05, 4.69) is 9.47 Å². The van der Waals surface area contributed by atoms with Gasteiger partial charge < -0.3 is 14.2 Å². The van der Waals surface area contributed by atoms with Gasteiger partial charge in [0.2, 0.25) is 0 Å². The summed E-state index contributed by atoms with van der Waals surface area (Å²) in [5.74, 6) is -2.48. The van der Waals surface area contributed by atoms with Crippen LogP contribution >= 0.6 is 0 Å². The SMILES string of the molecule is COCC(=Cc1ccccc1)C(COC(COCC(F)(F)F)C(F)(F)F)C(F)(F)F. The molecule has 0 radical (unpaired) electrons. The van der Waals surface area contributed by atoms with Crippen LogP contribution in [0.1, 0.15) is 5.56 Å². The number of alkyl halides is 9. The minimum atomic E-state index is -5.23. The normalized spacial score (nSPS) is 15.9. The molecule has 0 aromatic heterocycles. The maximum atomic E-state index is 13.5. The molecule has 0 aliphatic heterocycles. The van der Waals surface area contributed by atoms with Gasteiger partial charge in [-0.05, 0) is 11.1 Å². The molecule has 30 heavy (non-hydrogen) atoms. The molecule has 1 aromatic rings. The third kappa shape index (κ3) is 9.81. The van der Waals surface area contributed by atoms with Crippen molar-refractivity contribution < 1.29 is 53.7 Å². The summed E-state index contributed by atoms with van der Waals surface area (Å²) >= 11 is 0. The molecule has 0 saturated carbocycles. The van der Waals surface area contributed by atoms with Gasteiger partial charge in [0.1, 0.15) is 12.5 Å². The van der Waals surface area contributed by atoms with Gasteiger partial charge in [0.25, 0.3) is 0 Å². The standard InChI is InChI=1S/C18H19F9O3/c1-28-8-13(7-12-5-3-2-4-6-12)14(17(22,23)24)9-30-15(18(25,26)27)10-29-11-16(19,20)21/h2-7,14-15H,8-11H2,1H3. The summed E-state index contributed by atoms with van der Waals surface area (Å²) in [6.07, 6.45) is -17.0. The van der Waals surface area contributed by atoms with Crippen molar-refractivity contribution in [2.45, 2.75) is 24.6 Å². The fraction of sp³-hybridized carbons (Fsp3) is 0.556. The van der Waals surface area contributed by atoms with Crippen LogP contribution in [0.15, 0.2) is 35.9 Å². The zero-order chi connectivity index (χ0) is 23.0. The van der Waals surface area contributed by atoms with Gasteiger partial charge in [-0.2, -0.15) is 39.5 Å². The molecule has 0 fully saturated rings. The monoisotopic (exact) mass is 454 g/mol. The van der Waals surface area contributed by atoms with Crippen LogP contribution in [0.25, 0.3) is 6.08 Å². The Kier molecular flexibility index (Phi) is 9.63. The van der Waals surface area contributed by atoms with E-state index in [4.69, 9.17) is 4.74 Å². The minimum absolute atomic E-state index is 0.347. The van der Waals surface area contributed by atoms with Gasteiger partial charge in [0.15, 0.2) is 6.10 Å². The van der Waals surface area contributed by atoms with E-state index in [0.717, 1.165) is 13.2 Å². The van der Waals surface area contributed by atoms with Crippen molar-refractivity contribution in [3.63, 3.8) is 0 Å². The van der Waals surface area contributed by atoms with E-state index in [1.807, 2.05) is 0 Å². The van der Waals surface area contributed by atoms with Crippen LogP contribution in [0.5, 0.6) is 0 Å². The Hall–Kier alpha value is -1.79. The Morgan fingerprint density at radius 1 is 0.900 bits per heavy atom. The van der Waals surface area contributed by atoms with Gasteiger partial charge >= 0.3 is 18.5 Å². The van der Waals surface area contributed by atoms with Crippen molar-refractivity contribution in [1.29, 1.82) is 0 Å². The highest BCUT2D eigenvalue weighted by Gasteiger charge is 2.46. The number of hydrogen-bond donors (Lipinski definition) is 0. The van der Waals surface area contributed by atoms with Crippen LogP contribution in [0.3, 0.4) is 0 Å². The zero-order valence-electron chi connectivity index (χ0n) is 15.6. The zero-order valence-corrected chi connectivity index (χ0v) is 15.6. The lowest BCUT2D eigenvalue weighted by Crippen LogP contribution is -2.40. The summed E-state index contributed by atoms with van der Waals surface area (Å²) in [4.78, 5) is 0. The molecule has 0 heterocycles. The second-order valence-corrected chi connectivity index (χ2v) is 6.15. The van der Waals surface area contributed by atoms with E-state index in [-0.39, 0.29) is 0 Å². The molecule has 3 nitrogen and oxygen atoms in total. The lowest BCUT2D eigenvalue weighted by molar-refractivity contribution is -0.257. The Morgan fingerprint density at radius 3 is 1.97 bits per heavy atom. The third-order valence-corrected chi connectivity index (χ3v) is 3.67. The maximum absolute atomic E-state index is 13.5. The highest BCUT2D eigenvalue weighted by Crippen LogP contribution is 2.35. The summed E-state index contributed by atoms with van der Waals surface area (Å²) in [5, 5.41) is 0. The molecule has 0 amide bonds. The topological polar surface area (TPSA) is 27.7 Å². The molecule has 1 rings (SSSR count). The number of halogens is 9. The molecular formula is C18H19F9O3. The van der Waals surface area contributed by atoms with E-state index in [9.17, 15) is 39.5 Å². The van der Waals surface area contributed by atoms with E-state index >= 15 is 0 Å². The molecule has 0 N–H and O–H groups in total. The molecule has 12 heteroatoms. The third-order valence-electron chi connectivity index (χ3n) is 3.67. The summed E-state index contributed by atoms with van der Waals surface area (Å²) in [6, 6.07) is 7.67. The highest BCUT2D eigenvalue weighted by atomic mass is 19.4. The lowest BCUT2D eigenvalue weighted by atomic mass is 9.97. The van der Waals surface area contributed by atoms with Crippen LogP contribution in [-0.2, 0) is 14.2 Å². The average Bonchev–Trinajstić information content (AvgIpc) is 2.58. The smallest absolute Gasteiger partial charge is 0.380 e. The van der Waals surface area contributed by atoms with Crippen LogP contribution in [-0.4, -0.2) is 58.2 Å².